The molecule has 1 fully saturated rings. The van der Waals surface area contributed by atoms with Crippen molar-refractivity contribution in [2.24, 2.45) is 5.92 Å². The number of carboxylic acid groups (broad SMARTS) is 1. The van der Waals surface area contributed by atoms with Gasteiger partial charge in [-0.2, -0.15) is 0 Å². The Balaban J connectivity index is 2.89. The minimum atomic E-state index is -0.895. The fourth-order valence-corrected chi connectivity index (χ4v) is 2.37. The van der Waals surface area contributed by atoms with Crippen molar-refractivity contribution in [1.29, 1.82) is 0 Å². The average Bonchev–Trinajstić information content (AvgIpc) is 2.54. The Morgan fingerprint density at radius 1 is 1.42 bits per heavy atom. The van der Waals surface area contributed by atoms with Crippen LogP contribution in [0.5, 0.6) is 0 Å². The quantitative estimate of drug-likeness (QED) is 0.847. The topological polar surface area (TPSA) is 76.1 Å². The summed E-state index contributed by atoms with van der Waals surface area (Å²) in [6.45, 7) is 7.61. The SMILES string of the molecule is COC[C@]1(C)CC(C(=O)O)CN1C(=O)OC(C)(C)C. The lowest BCUT2D eigenvalue weighted by atomic mass is 9.95. The summed E-state index contributed by atoms with van der Waals surface area (Å²) in [5.74, 6) is -1.47. The number of nitrogens with zero attached hydrogens (tertiary/aromatic N) is 1. The minimum absolute atomic E-state index is 0.157. The first-order chi connectivity index (χ1) is 8.59. The molecule has 0 radical (unpaired) electrons. The number of carboxylic acids is 1. The Hall–Kier alpha value is -1.30. The van der Waals surface area contributed by atoms with Gasteiger partial charge in [-0.1, -0.05) is 0 Å². The number of likely N-dealkylation sites (tertiary alicyclic amines) is 1. The van der Waals surface area contributed by atoms with Crippen LogP contribution in [0.3, 0.4) is 0 Å². The van der Waals surface area contributed by atoms with Crippen LogP contribution in [-0.4, -0.2) is 53.5 Å². The molecule has 6 nitrogen and oxygen atoms in total. The van der Waals surface area contributed by atoms with Crippen LogP contribution in [0.4, 0.5) is 4.79 Å². The maximum atomic E-state index is 12.2. The lowest BCUT2D eigenvalue weighted by Gasteiger charge is -2.35. The van der Waals surface area contributed by atoms with E-state index in [1.807, 2.05) is 6.92 Å². The molecule has 19 heavy (non-hydrogen) atoms. The summed E-state index contributed by atoms with van der Waals surface area (Å²) >= 11 is 0. The summed E-state index contributed by atoms with van der Waals surface area (Å²) in [5, 5.41) is 9.13. The van der Waals surface area contributed by atoms with Crippen LogP contribution in [-0.2, 0) is 14.3 Å². The van der Waals surface area contributed by atoms with Crippen molar-refractivity contribution < 1.29 is 24.2 Å². The van der Waals surface area contributed by atoms with Gasteiger partial charge in [0.15, 0.2) is 0 Å². The molecular formula is C13H23NO5. The lowest BCUT2D eigenvalue weighted by Crippen LogP contribution is -2.49. The van der Waals surface area contributed by atoms with Gasteiger partial charge in [-0.15, -0.1) is 0 Å². The smallest absolute Gasteiger partial charge is 0.410 e. The predicted molar refractivity (Wildman–Crippen MR) is 69.0 cm³/mol. The van der Waals surface area contributed by atoms with Crippen LogP contribution in [0.25, 0.3) is 0 Å². The number of carbonyl (C=O) groups is 2. The van der Waals surface area contributed by atoms with Gasteiger partial charge in [-0.3, -0.25) is 9.69 Å². The van der Waals surface area contributed by atoms with E-state index in [9.17, 15) is 9.59 Å². The van der Waals surface area contributed by atoms with Crippen LogP contribution >= 0.6 is 0 Å². The van der Waals surface area contributed by atoms with E-state index in [2.05, 4.69) is 0 Å². The van der Waals surface area contributed by atoms with Crippen LogP contribution in [0, 0.1) is 5.92 Å². The number of methoxy groups -OCH3 is 1. The molecule has 1 aliphatic rings. The third kappa shape index (κ3) is 3.83. The highest BCUT2D eigenvalue weighted by Crippen LogP contribution is 2.34. The third-order valence-corrected chi connectivity index (χ3v) is 3.16. The van der Waals surface area contributed by atoms with E-state index >= 15 is 0 Å². The van der Waals surface area contributed by atoms with Gasteiger partial charge in [0.2, 0.25) is 0 Å². The molecule has 0 bridgehead atoms. The summed E-state index contributed by atoms with van der Waals surface area (Å²) in [6, 6.07) is 0. The van der Waals surface area contributed by atoms with Crippen molar-refractivity contribution in [3.05, 3.63) is 0 Å². The van der Waals surface area contributed by atoms with Crippen LogP contribution in [0.1, 0.15) is 34.1 Å². The molecule has 6 heteroatoms. The zero-order valence-corrected chi connectivity index (χ0v) is 12.2. The second-order valence-corrected chi connectivity index (χ2v) is 6.26. The molecule has 0 aliphatic carbocycles. The standard InChI is InChI=1S/C13H23NO5/c1-12(2,3)19-11(17)14-7-9(10(15)16)6-13(14,4)8-18-5/h9H,6-8H2,1-5H3,(H,15,16)/t9?,13-/m0/s1. The van der Waals surface area contributed by atoms with Gasteiger partial charge in [0.1, 0.15) is 5.60 Å². The number of hydrogen-bond donors (Lipinski definition) is 1. The highest BCUT2D eigenvalue weighted by atomic mass is 16.6. The molecule has 0 aromatic carbocycles. The van der Waals surface area contributed by atoms with E-state index in [4.69, 9.17) is 14.6 Å². The van der Waals surface area contributed by atoms with E-state index < -0.39 is 29.1 Å². The van der Waals surface area contributed by atoms with Crippen molar-refractivity contribution in [3.8, 4) is 0 Å². The van der Waals surface area contributed by atoms with E-state index in [-0.39, 0.29) is 13.2 Å². The van der Waals surface area contributed by atoms with Crippen molar-refractivity contribution in [1.82, 2.24) is 4.90 Å². The van der Waals surface area contributed by atoms with Gasteiger partial charge in [-0.25, -0.2) is 4.79 Å². The van der Waals surface area contributed by atoms with E-state index in [0.717, 1.165) is 0 Å². The molecule has 0 saturated carbocycles. The molecule has 110 valence electrons. The Labute approximate surface area is 113 Å². The number of hydrogen-bond acceptors (Lipinski definition) is 4. The summed E-state index contributed by atoms with van der Waals surface area (Å²) < 4.78 is 10.5. The van der Waals surface area contributed by atoms with Gasteiger partial charge < -0.3 is 14.6 Å². The van der Waals surface area contributed by atoms with E-state index in [1.54, 1.807) is 20.8 Å². The van der Waals surface area contributed by atoms with Crippen LogP contribution in [0.15, 0.2) is 0 Å². The number of amides is 1. The molecule has 1 amide bonds. The summed E-state index contributed by atoms with van der Waals surface area (Å²) in [6.07, 6.45) is -0.120. The summed E-state index contributed by atoms with van der Waals surface area (Å²) in [4.78, 5) is 24.8. The highest BCUT2D eigenvalue weighted by molar-refractivity contribution is 5.75. The molecule has 1 unspecified atom stereocenters. The van der Waals surface area contributed by atoms with Crippen molar-refractivity contribution in [3.63, 3.8) is 0 Å². The molecule has 1 saturated heterocycles. The van der Waals surface area contributed by atoms with Crippen LogP contribution < -0.4 is 0 Å². The maximum Gasteiger partial charge on any atom is 0.410 e. The van der Waals surface area contributed by atoms with Crippen molar-refractivity contribution in [2.75, 3.05) is 20.3 Å². The predicted octanol–water partition coefficient (Wildman–Crippen LogP) is 1.73. The molecule has 0 aromatic rings. The molecule has 2 atom stereocenters. The molecule has 1 N–H and O–H groups in total. The second-order valence-electron chi connectivity index (χ2n) is 6.26. The Kier molecular flexibility index (Phi) is 4.45. The van der Waals surface area contributed by atoms with Crippen LogP contribution in [0.2, 0.25) is 0 Å². The molecular weight excluding hydrogens is 250 g/mol. The summed E-state index contributed by atoms with van der Waals surface area (Å²) in [7, 11) is 1.53. The van der Waals surface area contributed by atoms with E-state index in [0.29, 0.717) is 6.42 Å². The lowest BCUT2D eigenvalue weighted by molar-refractivity contribution is -0.141. The van der Waals surface area contributed by atoms with Crippen molar-refractivity contribution in [2.45, 2.75) is 45.3 Å². The molecule has 0 aromatic heterocycles. The fourth-order valence-electron chi connectivity index (χ4n) is 2.37. The highest BCUT2D eigenvalue weighted by Gasteiger charge is 2.48. The monoisotopic (exact) mass is 273 g/mol. The normalized spacial score (nSPS) is 27.4. The summed E-state index contributed by atoms with van der Waals surface area (Å²) in [5.41, 5.74) is -1.24. The van der Waals surface area contributed by atoms with Gasteiger partial charge in [0.05, 0.1) is 18.1 Å². The first-order valence-corrected chi connectivity index (χ1v) is 6.31. The number of rotatable bonds is 3. The Morgan fingerprint density at radius 2 is 2.00 bits per heavy atom. The van der Waals surface area contributed by atoms with E-state index in [1.165, 1.54) is 12.0 Å². The molecule has 1 heterocycles. The number of ether oxygens (including phenoxy) is 2. The third-order valence-electron chi connectivity index (χ3n) is 3.16. The minimum Gasteiger partial charge on any atom is -0.481 e. The Bertz CT molecular complexity index is 363. The number of aliphatic carboxylic acids is 1. The largest absolute Gasteiger partial charge is 0.481 e. The maximum absolute atomic E-state index is 12.2. The average molecular weight is 273 g/mol. The molecule has 1 aliphatic heterocycles. The first-order valence-electron chi connectivity index (χ1n) is 6.31. The van der Waals surface area contributed by atoms with Crippen molar-refractivity contribution >= 4 is 12.1 Å². The van der Waals surface area contributed by atoms with Gasteiger partial charge >= 0.3 is 12.1 Å². The van der Waals surface area contributed by atoms with Gasteiger partial charge in [0, 0.05) is 13.7 Å². The number of carbonyl (C=O) groups excluding carboxylic acids is 1. The fraction of sp³-hybridized carbons (Fsp3) is 0.846. The zero-order chi connectivity index (χ0) is 14.8. The Morgan fingerprint density at radius 3 is 2.42 bits per heavy atom. The first kappa shape index (κ1) is 15.8. The molecule has 0 spiro atoms. The van der Waals surface area contributed by atoms with Gasteiger partial charge in [-0.05, 0) is 34.1 Å². The molecule has 1 rings (SSSR count). The zero-order valence-electron chi connectivity index (χ0n) is 12.2. The van der Waals surface area contributed by atoms with Gasteiger partial charge in [0.25, 0.3) is 0 Å². The second kappa shape index (κ2) is 5.36.